The Hall–Kier alpha value is -1.38. The third-order valence-corrected chi connectivity index (χ3v) is 11.3. The van der Waals surface area contributed by atoms with E-state index in [2.05, 4.69) is 31.9 Å². The number of aliphatic hydroxyl groups excluding tert-OH is 1. The van der Waals surface area contributed by atoms with Crippen LogP contribution in [0.3, 0.4) is 0 Å². The molecule has 33 heavy (non-hydrogen) atoms. The highest BCUT2D eigenvalue weighted by Crippen LogP contribution is 2.72. The Kier molecular flexibility index (Phi) is 5.93. The highest BCUT2D eigenvalue weighted by Gasteiger charge is 2.66. The van der Waals surface area contributed by atoms with Crippen molar-refractivity contribution in [1.29, 1.82) is 5.26 Å². The Morgan fingerprint density at radius 2 is 1.94 bits per heavy atom. The molecule has 0 aromatic carbocycles. The first-order valence-corrected chi connectivity index (χ1v) is 13.4. The zero-order valence-electron chi connectivity index (χ0n) is 21.1. The molecule has 0 amide bonds. The first-order valence-electron chi connectivity index (χ1n) is 13.4. The van der Waals surface area contributed by atoms with Crippen molar-refractivity contribution in [3.05, 3.63) is 18.0 Å². The minimum atomic E-state index is -0.411. The van der Waals surface area contributed by atoms with Gasteiger partial charge in [0.25, 0.3) is 0 Å². The van der Waals surface area contributed by atoms with Crippen molar-refractivity contribution in [1.82, 2.24) is 9.78 Å². The molecule has 0 saturated heterocycles. The Morgan fingerprint density at radius 1 is 1.15 bits per heavy atom. The average Bonchev–Trinajstić information content (AvgIpc) is 3.38. The maximum Gasteiger partial charge on any atom is 0.102 e. The third kappa shape index (κ3) is 3.50. The second-order valence-corrected chi connectivity index (χ2v) is 12.8. The van der Waals surface area contributed by atoms with Gasteiger partial charge in [0.15, 0.2) is 0 Å². The molecular formula is C28H43N3O2. The van der Waals surface area contributed by atoms with Crippen LogP contribution in [0.4, 0.5) is 0 Å². The predicted octanol–water partition coefficient (Wildman–Crippen LogP) is 5.43. The van der Waals surface area contributed by atoms with Crippen LogP contribution < -0.4 is 0 Å². The molecule has 5 rings (SSSR count). The van der Waals surface area contributed by atoms with Gasteiger partial charge >= 0.3 is 0 Å². The Bertz CT molecular complexity index is 907. The number of nitrogens with zero attached hydrogens (tertiary/aromatic N) is 3. The van der Waals surface area contributed by atoms with Gasteiger partial charge in [0.05, 0.1) is 31.0 Å². The number of ether oxygens (including phenoxy) is 1. The molecule has 4 aliphatic rings. The second kappa shape index (κ2) is 8.38. The largest absolute Gasteiger partial charge is 0.391 e. The Morgan fingerprint density at radius 3 is 2.67 bits per heavy atom. The summed E-state index contributed by atoms with van der Waals surface area (Å²) in [4.78, 5) is 0. The Labute approximate surface area is 199 Å². The maximum absolute atomic E-state index is 11.4. The highest BCUT2D eigenvalue weighted by atomic mass is 16.5. The zero-order chi connectivity index (χ0) is 23.4. The van der Waals surface area contributed by atoms with Gasteiger partial charge < -0.3 is 9.84 Å². The molecule has 0 bridgehead atoms. The molecule has 0 radical (unpaired) electrons. The molecule has 9 atom stereocenters. The van der Waals surface area contributed by atoms with Gasteiger partial charge in [0.2, 0.25) is 0 Å². The van der Waals surface area contributed by atoms with E-state index in [1.165, 1.54) is 51.4 Å². The van der Waals surface area contributed by atoms with Crippen LogP contribution in [0.1, 0.15) is 84.1 Å². The van der Waals surface area contributed by atoms with Crippen molar-refractivity contribution in [2.45, 2.75) is 91.2 Å². The lowest BCUT2D eigenvalue weighted by Gasteiger charge is -2.66. The number of hydrogen-bond donors (Lipinski definition) is 1. The van der Waals surface area contributed by atoms with Gasteiger partial charge in [-0.25, -0.2) is 0 Å². The number of fused-ring (bicyclic) bond motifs is 5. The fourth-order valence-corrected chi connectivity index (χ4v) is 9.97. The second-order valence-electron chi connectivity index (χ2n) is 12.8. The quantitative estimate of drug-likeness (QED) is 0.645. The SMILES string of the molecule is COC[C@]12CC[C@H](C)CC1CC[C@]1(C)C2CC[C@@]2(C)C1CC[C@@H]2C(O)Cn1cc(C#N)cn1. The summed E-state index contributed by atoms with van der Waals surface area (Å²) < 4.78 is 7.73. The number of nitriles is 1. The first kappa shape index (κ1) is 23.4. The van der Waals surface area contributed by atoms with Crippen LogP contribution in [-0.2, 0) is 11.3 Å². The average molecular weight is 454 g/mol. The normalized spacial score (nSPS) is 45.5. The van der Waals surface area contributed by atoms with Crippen LogP contribution in [0.25, 0.3) is 0 Å². The maximum atomic E-state index is 11.4. The van der Waals surface area contributed by atoms with Gasteiger partial charge in [-0.1, -0.05) is 27.2 Å². The van der Waals surface area contributed by atoms with Crippen LogP contribution in [0, 0.1) is 57.2 Å². The van der Waals surface area contributed by atoms with E-state index in [0.29, 0.717) is 34.8 Å². The van der Waals surface area contributed by atoms with Gasteiger partial charge in [-0.2, -0.15) is 10.4 Å². The van der Waals surface area contributed by atoms with Gasteiger partial charge in [-0.05, 0) is 97.2 Å². The number of hydrogen-bond acceptors (Lipinski definition) is 4. The van der Waals surface area contributed by atoms with Gasteiger partial charge in [0.1, 0.15) is 6.07 Å². The molecule has 1 N–H and O–H groups in total. The molecule has 1 heterocycles. The molecule has 5 heteroatoms. The topological polar surface area (TPSA) is 71.1 Å². The van der Waals surface area contributed by atoms with Crippen LogP contribution in [0.5, 0.6) is 0 Å². The van der Waals surface area contributed by atoms with E-state index in [1.54, 1.807) is 17.1 Å². The molecule has 1 aromatic heterocycles. The molecule has 0 aliphatic heterocycles. The standard InChI is InChI=1S/C28H43N3O2/c1-19-7-12-28(18-33-4)21(13-19)8-10-27(3)24-6-5-22(26(24,2)11-9-25(27)28)23(32)17-31-16-20(14-29)15-30-31/h15-16,19,21-25,32H,5-13,17-18H2,1-4H3/t19-,21?,22+,23?,24?,25?,26+,27-,28+/m0/s1. The van der Waals surface area contributed by atoms with E-state index in [0.717, 1.165) is 30.8 Å². The molecule has 182 valence electrons. The number of aromatic nitrogens is 2. The molecule has 4 fully saturated rings. The highest BCUT2D eigenvalue weighted by molar-refractivity contribution is 5.21. The lowest BCUT2D eigenvalue weighted by atomic mass is 9.39. The van der Waals surface area contributed by atoms with Gasteiger partial charge in [-0.15, -0.1) is 0 Å². The van der Waals surface area contributed by atoms with Crippen molar-refractivity contribution in [2.75, 3.05) is 13.7 Å². The minimum absolute atomic E-state index is 0.179. The van der Waals surface area contributed by atoms with Crippen LogP contribution in [-0.4, -0.2) is 34.7 Å². The lowest BCUT2D eigenvalue weighted by Crippen LogP contribution is -2.61. The molecule has 1 aromatic rings. The predicted molar refractivity (Wildman–Crippen MR) is 128 cm³/mol. The summed E-state index contributed by atoms with van der Waals surface area (Å²) in [6.45, 7) is 8.97. The van der Waals surface area contributed by atoms with E-state index in [-0.39, 0.29) is 5.41 Å². The third-order valence-electron chi connectivity index (χ3n) is 11.3. The van der Waals surface area contributed by atoms with E-state index >= 15 is 0 Å². The van der Waals surface area contributed by atoms with Crippen molar-refractivity contribution >= 4 is 0 Å². The molecular weight excluding hydrogens is 410 g/mol. The van der Waals surface area contributed by atoms with Crippen molar-refractivity contribution < 1.29 is 9.84 Å². The fourth-order valence-electron chi connectivity index (χ4n) is 9.97. The summed E-state index contributed by atoms with van der Waals surface area (Å²) in [5, 5.41) is 24.8. The molecule has 4 unspecified atom stereocenters. The van der Waals surface area contributed by atoms with Crippen molar-refractivity contribution in [2.24, 2.45) is 45.8 Å². The van der Waals surface area contributed by atoms with E-state index in [4.69, 9.17) is 10.00 Å². The molecule has 5 nitrogen and oxygen atoms in total. The number of aliphatic hydroxyl groups is 1. The van der Waals surface area contributed by atoms with Crippen LogP contribution >= 0.6 is 0 Å². The van der Waals surface area contributed by atoms with Gasteiger partial charge in [0, 0.05) is 13.3 Å². The summed E-state index contributed by atoms with van der Waals surface area (Å²) >= 11 is 0. The molecule has 0 spiro atoms. The van der Waals surface area contributed by atoms with Crippen LogP contribution in [0.2, 0.25) is 0 Å². The van der Waals surface area contributed by atoms with Gasteiger partial charge in [-0.3, -0.25) is 4.68 Å². The molecule has 4 saturated carbocycles. The van der Waals surface area contributed by atoms with E-state index in [9.17, 15) is 5.11 Å². The zero-order valence-corrected chi connectivity index (χ0v) is 21.1. The fraction of sp³-hybridized carbons (Fsp3) is 0.857. The minimum Gasteiger partial charge on any atom is -0.391 e. The van der Waals surface area contributed by atoms with E-state index < -0.39 is 6.10 Å². The van der Waals surface area contributed by atoms with Crippen LogP contribution in [0.15, 0.2) is 12.4 Å². The first-order chi connectivity index (χ1) is 15.8. The summed E-state index contributed by atoms with van der Waals surface area (Å²) in [7, 11) is 1.91. The van der Waals surface area contributed by atoms with E-state index in [1.807, 2.05) is 7.11 Å². The monoisotopic (exact) mass is 453 g/mol. The van der Waals surface area contributed by atoms with Crippen molar-refractivity contribution in [3.8, 4) is 6.07 Å². The smallest absolute Gasteiger partial charge is 0.102 e. The number of rotatable bonds is 5. The summed E-state index contributed by atoms with van der Waals surface area (Å²) in [6, 6.07) is 2.14. The molecule has 4 aliphatic carbocycles. The lowest BCUT2D eigenvalue weighted by molar-refractivity contribution is -0.196. The summed E-state index contributed by atoms with van der Waals surface area (Å²) in [5.74, 6) is 3.39. The number of methoxy groups -OCH3 is 1. The summed E-state index contributed by atoms with van der Waals surface area (Å²) in [5.41, 5.74) is 1.44. The Balaban J connectivity index is 1.40. The van der Waals surface area contributed by atoms with Crippen molar-refractivity contribution in [3.63, 3.8) is 0 Å². The summed E-state index contributed by atoms with van der Waals surface area (Å²) in [6.07, 6.45) is 14.5.